The van der Waals surface area contributed by atoms with Crippen LogP contribution >= 0.6 is 0 Å². The first-order chi connectivity index (χ1) is 15.7. The van der Waals surface area contributed by atoms with Gasteiger partial charge in [0, 0.05) is 35.3 Å². The lowest BCUT2D eigenvalue weighted by atomic mass is 10.0. The maximum absolute atomic E-state index is 13.9. The Bertz CT molecular complexity index is 1430. The van der Waals surface area contributed by atoms with Gasteiger partial charge in [-0.1, -0.05) is 42.0 Å². The first-order valence-electron chi connectivity index (χ1n) is 10.6. The van der Waals surface area contributed by atoms with Crippen molar-refractivity contribution < 1.29 is 13.9 Å². The molecule has 6 rings (SSSR count). The smallest absolute Gasteiger partial charge is 0.163 e. The lowest BCUT2D eigenvalue weighted by Crippen LogP contribution is -2.15. The van der Waals surface area contributed by atoms with Crippen molar-refractivity contribution in [2.45, 2.75) is 13.5 Å². The molecular weight excluding hydrogens is 405 g/mol. The van der Waals surface area contributed by atoms with E-state index in [4.69, 9.17) is 9.47 Å². The predicted molar refractivity (Wildman–Crippen MR) is 121 cm³/mol. The quantitative estimate of drug-likeness (QED) is 0.385. The third-order valence-corrected chi connectivity index (χ3v) is 5.84. The maximum Gasteiger partial charge on any atom is 0.163 e. The summed E-state index contributed by atoms with van der Waals surface area (Å²) < 4.78 is 27.6. The minimum absolute atomic E-state index is 0.250. The van der Waals surface area contributed by atoms with Gasteiger partial charge < -0.3 is 14.0 Å². The van der Waals surface area contributed by atoms with Gasteiger partial charge in [0.05, 0.1) is 5.52 Å². The number of hydrogen-bond donors (Lipinski definition) is 0. The number of hydrogen-bond acceptors (Lipinski definition) is 4. The molecule has 0 saturated heterocycles. The molecule has 0 fully saturated rings. The van der Waals surface area contributed by atoms with Gasteiger partial charge in [-0.3, -0.25) is 0 Å². The molecule has 0 amide bonds. The van der Waals surface area contributed by atoms with Gasteiger partial charge in [-0.2, -0.15) is 0 Å². The minimum Gasteiger partial charge on any atom is -0.486 e. The van der Waals surface area contributed by atoms with Crippen molar-refractivity contribution in [3.05, 3.63) is 83.8 Å². The summed E-state index contributed by atoms with van der Waals surface area (Å²) in [6.07, 6.45) is 2.05. The number of rotatable bonds is 3. The van der Waals surface area contributed by atoms with Crippen LogP contribution in [0.25, 0.3) is 33.4 Å². The van der Waals surface area contributed by atoms with Crippen molar-refractivity contribution in [3.63, 3.8) is 0 Å². The Morgan fingerprint density at radius 1 is 0.906 bits per heavy atom. The van der Waals surface area contributed by atoms with Crippen LogP contribution < -0.4 is 9.47 Å². The van der Waals surface area contributed by atoms with Crippen LogP contribution in [-0.2, 0) is 6.54 Å². The third-order valence-electron chi connectivity index (χ3n) is 5.84. The number of benzene rings is 3. The summed E-state index contributed by atoms with van der Waals surface area (Å²) in [5, 5.41) is 9.99. The molecule has 5 nitrogen and oxygen atoms in total. The Labute approximate surface area is 184 Å². The average Bonchev–Trinajstić information content (AvgIpc) is 3.23. The fourth-order valence-corrected chi connectivity index (χ4v) is 4.26. The lowest BCUT2D eigenvalue weighted by molar-refractivity contribution is 0.172. The van der Waals surface area contributed by atoms with Crippen LogP contribution in [0.15, 0.2) is 66.9 Å². The van der Waals surface area contributed by atoms with E-state index in [0.29, 0.717) is 31.3 Å². The van der Waals surface area contributed by atoms with Crippen molar-refractivity contribution in [2.24, 2.45) is 0 Å². The number of halogens is 1. The number of pyridine rings is 1. The van der Waals surface area contributed by atoms with Gasteiger partial charge in [0.15, 0.2) is 11.5 Å². The van der Waals surface area contributed by atoms with E-state index in [2.05, 4.69) is 46.0 Å². The highest BCUT2D eigenvalue weighted by Crippen LogP contribution is 2.41. The van der Waals surface area contributed by atoms with Gasteiger partial charge in [-0.25, -0.2) is 4.39 Å². The van der Waals surface area contributed by atoms with E-state index >= 15 is 0 Å². The molecule has 3 aromatic carbocycles. The Kier molecular flexibility index (Phi) is 4.31. The van der Waals surface area contributed by atoms with E-state index in [1.807, 2.05) is 24.4 Å². The van der Waals surface area contributed by atoms with Gasteiger partial charge in [-0.05, 0) is 30.7 Å². The molecule has 3 aliphatic rings. The van der Waals surface area contributed by atoms with Gasteiger partial charge in [-0.15, -0.1) is 10.2 Å². The highest BCUT2D eigenvalue weighted by Gasteiger charge is 2.23. The normalized spacial score (nSPS) is 13.1. The first kappa shape index (κ1) is 18.8. The van der Waals surface area contributed by atoms with Gasteiger partial charge in [0.25, 0.3) is 0 Å². The number of ether oxygens (including phenoxy) is 2. The van der Waals surface area contributed by atoms with Crippen molar-refractivity contribution in [2.75, 3.05) is 13.2 Å². The van der Waals surface area contributed by atoms with Crippen LogP contribution in [0.4, 0.5) is 4.39 Å². The summed E-state index contributed by atoms with van der Waals surface area (Å²) in [5.74, 6) is 1.15. The summed E-state index contributed by atoms with van der Waals surface area (Å²) in [4.78, 5) is 0. The van der Waals surface area contributed by atoms with Gasteiger partial charge >= 0.3 is 0 Å². The molecule has 0 spiro atoms. The molecule has 0 N–H and O–H groups in total. The van der Waals surface area contributed by atoms with E-state index in [-0.39, 0.29) is 5.82 Å². The minimum atomic E-state index is -0.250. The molecule has 3 aliphatic heterocycles. The molecule has 158 valence electrons. The molecule has 0 atom stereocenters. The maximum atomic E-state index is 13.9. The van der Waals surface area contributed by atoms with E-state index in [1.54, 1.807) is 12.1 Å². The summed E-state index contributed by atoms with van der Waals surface area (Å²) in [5.41, 5.74) is 6.57. The molecule has 0 bridgehead atoms. The standard InChI is InChI=1S/C26H20FN3O2/c1-16-5-7-18(8-6-16)25-21-15-30(14-17-3-2-4-19(27)11-17)22-13-24-23(31-9-10-32-24)12-20(22)26(21)29-28-25/h2-8,11-13,15H,9-10,14H2,1H3. The zero-order chi connectivity index (χ0) is 21.7. The van der Waals surface area contributed by atoms with Crippen LogP contribution in [0.5, 0.6) is 11.5 Å². The van der Waals surface area contributed by atoms with Crippen molar-refractivity contribution in [3.8, 4) is 34.0 Å². The number of fused-ring (bicyclic) bond motifs is 4. The first-order valence-corrected chi connectivity index (χ1v) is 10.6. The number of nitrogens with zero attached hydrogens (tertiary/aromatic N) is 3. The summed E-state index contributed by atoms with van der Waals surface area (Å²) in [7, 11) is 0. The predicted octanol–water partition coefficient (Wildman–Crippen LogP) is 5.47. The van der Waals surface area contributed by atoms with Crippen LogP contribution in [0.1, 0.15) is 11.1 Å². The second-order valence-electron chi connectivity index (χ2n) is 8.08. The number of aryl methyl sites for hydroxylation is 1. The molecule has 0 aliphatic carbocycles. The molecule has 6 heteroatoms. The van der Waals surface area contributed by atoms with Crippen molar-refractivity contribution in [1.82, 2.24) is 14.8 Å². The highest BCUT2D eigenvalue weighted by atomic mass is 19.1. The molecule has 32 heavy (non-hydrogen) atoms. The Balaban J connectivity index is 1.60. The topological polar surface area (TPSA) is 49.2 Å². The third kappa shape index (κ3) is 3.15. The molecule has 0 saturated carbocycles. The highest BCUT2D eigenvalue weighted by molar-refractivity contribution is 5.99. The van der Waals surface area contributed by atoms with Crippen molar-refractivity contribution in [1.29, 1.82) is 0 Å². The summed E-state index contributed by atoms with van der Waals surface area (Å²) >= 11 is 0. The average molecular weight is 425 g/mol. The van der Waals surface area contributed by atoms with Crippen LogP contribution in [0.3, 0.4) is 0 Å². The molecule has 0 aromatic heterocycles. The zero-order valence-electron chi connectivity index (χ0n) is 17.5. The summed E-state index contributed by atoms with van der Waals surface area (Å²) in [6.45, 7) is 3.59. The van der Waals surface area contributed by atoms with Crippen molar-refractivity contribution >= 4 is 10.9 Å². The van der Waals surface area contributed by atoms with Crippen LogP contribution in [0, 0.1) is 12.7 Å². The van der Waals surface area contributed by atoms with E-state index < -0.39 is 0 Å². The molecule has 3 heterocycles. The Hall–Kier alpha value is -3.93. The second kappa shape index (κ2) is 7.34. The Morgan fingerprint density at radius 3 is 2.44 bits per heavy atom. The second-order valence-corrected chi connectivity index (χ2v) is 8.08. The zero-order valence-corrected chi connectivity index (χ0v) is 17.5. The largest absolute Gasteiger partial charge is 0.486 e. The lowest BCUT2D eigenvalue weighted by Gasteiger charge is -2.21. The fraction of sp³-hybridized carbons (Fsp3) is 0.154. The van der Waals surface area contributed by atoms with E-state index in [0.717, 1.165) is 39.0 Å². The fourth-order valence-electron chi connectivity index (χ4n) is 4.26. The monoisotopic (exact) mass is 425 g/mol. The van der Waals surface area contributed by atoms with E-state index in [9.17, 15) is 4.39 Å². The van der Waals surface area contributed by atoms with Gasteiger partial charge in [0.2, 0.25) is 0 Å². The Morgan fingerprint density at radius 2 is 1.66 bits per heavy atom. The molecule has 0 unspecified atom stereocenters. The van der Waals surface area contributed by atoms with Gasteiger partial charge in [0.1, 0.15) is 30.4 Å². The molecule has 0 radical (unpaired) electrons. The van der Waals surface area contributed by atoms with Crippen LogP contribution in [0.2, 0.25) is 0 Å². The summed E-state index contributed by atoms with van der Waals surface area (Å²) in [6, 6.07) is 18.9. The SMILES string of the molecule is Cc1ccc(-c2nnc3c4cc5c(cc4n(Cc4cccc(F)c4)cc2-3)OCCO5)cc1. The van der Waals surface area contributed by atoms with Crippen LogP contribution in [-0.4, -0.2) is 28.0 Å². The molecular formula is C26H20FN3O2. The molecule has 3 aromatic rings. The van der Waals surface area contributed by atoms with E-state index in [1.165, 1.54) is 11.6 Å². The number of aromatic nitrogens is 3.